The third-order valence-electron chi connectivity index (χ3n) is 3.98. The maximum atomic E-state index is 12.4. The van der Waals surface area contributed by atoms with Crippen molar-refractivity contribution < 1.29 is 14.3 Å². The molecule has 25 heavy (non-hydrogen) atoms. The summed E-state index contributed by atoms with van der Waals surface area (Å²) in [5.74, 6) is 1.30. The van der Waals surface area contributed by atoms with E-state index >= 15 is 0 Å². The Kier molecular flexibility index (Phi) is 3.89. The summed E-state index contributed by atoms with van der Waals surface area (Å²) >= 11 is 1.45. The van der Waals surface area contributed by atoms with Gasteiger partial charge in [0.2, 0.25) is 6.79 Å². The molecule has 1 aliphatic heterocycles. The van der Waals surface area contributed by atoms with Crippen LogP contribution in [0.25, 0.3) is 11.3 Å². The second kappa shape index (κ2) is 6.22. The van der Waals surface area contributed by atoms with Crippen LogP contribution in [0.1, 0.15) is 20.8 Å². The Labute approximate surface area is 149 Å². The minimum atomic E-state index is -0.161. The summed E-state index contributed by atoms with van der Waals surface area (Å²) in [5.41, 5.74) is 3.51. The summed E-state index contributed by atoms with van der Waals surface area (Å²) in [6.07, 6.45) is 0. The van der Waals surface area contributed by atoms with Gasteiger partial charge in [-0.15, -0.1) is 11.3 Å². The zero-order valence-electron chi connectivity index (χ0n) is 13.8. The molecule has 0 saturated heterocycles. The van der Waals surface area contributed by atoms with Crippen molar-refractivity contribution in [1.29, 1.82) is 0 Å². The predicted octanol–water partition coefficient (Wildman–Crippen LogP) is 4.41. The highest BCUT2D eigenvalue weighted by Gasteiger charge is 2.17. The van der Waals surface area contributed by atoms with Gasteiger partial charge in [0.25, 0.3) is 5.91 Å². The molecular weight excluding hydrogens is 336 g/mol. The molecular formula is C19H16N2O3S. The summed E-state index contributed by atoms with van der Waals surface area (Å²) in [7, 11) is 0. The highest BCUT2D eigenvalue weighted by atomic mass is 32.1. The van der Waals surface area contributed by atoms with Gasteiger partial charge in [-0.3, -0.25) is 10.1 Å². The van der Waals surface area contributed by atoms with Gasteiger partial charge in [0.15, 0.2) is 16.6 Å². The van der Waals surface area contributed by atoms with Gasteiger partial charge >= 0.3 is 0 Å². The number of hydrogen-bond donors (Lipinski definition) is 1. The standard InChI is InChI=1S/C19H16N2O3S/c1-11-3-5-13(6-4-11)18(22)21-19-20-17(12(2)25-19)14-7-8-15-16(9-14)24-10-23-15/h3-9H,10H2,1-2H3,(H,20,21,22). The van der Waals surface area contributed by atoms with E-state index in [9.17, 15) is 4.79 Å². The largest absolute Gasteiger partial charge is 0.454 e. The molecule has 1 aliphatic rings. The molecule has 5 nitrogen and oxygen atoms in total. The molecule has 0 atom stereocenters. The normalized spacial score (nSPS) is 12.2. The Morgan fingerprint density at radius 1 is 1.08 bits per heavy atom. The minimum absolute atomic E-state index is 0.161. The van der Waals surface area contributed by atoms with Crippen molar-refractivity contribution in [2.45, 2.75) is 13.8 Å². The Morgan fingerprint density at radius 3 is 2.64 bits per heavy atom. The molecule has 6 heteroatoms. The monoisotopic (exact) mass is 352 g/mol. The first-order valence-corrected chi connectivity index (χ1v) is 8.67. The van der Waals surface area contributed by atoms with E-state index in [-0.39, 0.29) is 12.7 Å². The fourth-order valence-electron chi connectivity index (χ4n) is 2.64. The van der Waals surface area contributed by atoms with Gasteiger partial charge < -0.3 is 9.47 Å². The molecule has 1 aromatic heterocycles. The van der Waals surface area contributed by atoms with Gasteiger partial charge in [0, 0.05) is 16.0 Å². The number of aryl methyl sites for hydroxylation is 2. The molecule has 1 N–H and O–H groups in total. The average molecular weight is 352 g/mol. The molecule has 0 bridgehead atoms. The molecule has 0 radical (unpaired) electrons. The van der Waals surface area contributed by atoms with Crippen molar-refractivity contribution in [2.24, 2.45) is 0 Å². The van der Waals surface area contributed by atoms with E-state index in [4.69, 9.17) is 9.47 Å². The van der Waals surface area contributed by atoms with Crippen LogP contribution < -0.4 is 14.8 Å². The van der Waals surface area contributed by atoms with Gasteiger partial charge in [-0.05, 0) is 44.2 Å². The second-order valence-electron chi connectivity index (χ2n) is 5.81. The highest BCUT2D eigenvalue weighted by Crippen LogP contribution is 2.38. The average Bonchev–Trinajstić information content (AvgIpc) is 3.21. The van der Waals surface area contributed by atoms with Crippen LogP contribution in [0.2, 0.25) is 0 Å². The number of aromatic nitrogens is 1. The first-order valence-electron chi connectivity index (χ1n) is 7.85. The minimum Gasteiger partial charge on any atom is -0.454 e. The van der Waals surface area contributed by atoms with Crippen LogP contribution in [0.4, 0.5) is 5.13 Å². The Morgan fingerprint density at radius 2 is 1.84 bits per heavy atom. The number of thiazole rings is 1. The third-order valence-corrected chi connectivity index (χ3v) is 4.86. The van der Waals surface area contributed by atoms with E-state index < -0.39 is 0 Å². The molecule has 2 heterocycles. The van der Waals surface area contributed by atoms with E-state index in [1.807, 2.05) is 56.3 Å². The Hall–Kier alpha value is -2.86. The highest BCUT2D eigenvalue weighted by molar-refractivity contribution is 7.16. The van der Waals surface area contributed by atoms with E-state index in [0.717, 1.165) is 33.2 Å². The summed E-state index contributed by atoms with van der Waals surface area (Å²) < 4.78 is 10.8. The zero-order valence-corrected chi connectivity index (χ0v) is 14.6. The number of carbonyl (C=O) groups is 1. The van der Waals surface area contributed by atoms with Gasteiger partial charge in [-0.2, -0.15) is 0 Å². The van der Waals surface area contributed by atoms with E-state index in [0.29, 0.717) is 10.7 Å². The van der Waals surface area contributed by atoms with Crippen LogP contribution in [0.3, 0.4) is 0 Å². The van der Waals surface area contributed by atoms with Crippen molar-refractivity contribution in [3.8, 4) is 22.8 Å². The van der Waals surface area contributed by atoms with Crippen molar-refractivity contribution in [3.63, 3.8) is 0 Å². The topological polar surface area (TPSA) is 60.5 Å². The van der Waals surface area contributed by atoms with Crippen LogP contribution >= 0.6 is 11.3 Å². The van der Waals surface area contributed by atoms with Crippen LogP contribution in [0.5, 0.6) is 11.5 Å². The number of anilines is 1. The molecule has 0 aliphatic carbocycles. The Bertz CT molecular complexity index is 948. The number of carbonyl (C=O) groups excluding carboxylic acids is 1. The lowest BCUT2D eigenvalue weighted by Crippen LogP contribution is -2.11. The molecule has 3 aromatic rings. The fraction of sp³-hybridized carbons (Fsp3) is 0.158. The smallest absolute Gasteiger partial charge is 0.257 e. The number of nitrogens with one attached hydrogen (secondary N) is 1. The molecule has 0 spiro atoms. The van der Waals surface area contributed by atoms with Gasteiger partial charge in [-0.1, -0.05) is 17.7 Å². The zero-order chi connectivity index (χ0) is 17.4. The SMILES string of the molecule is Cc1ccc(C(=O)Nc2nc(-c3ccc4c(c3)OCO4)c(C)s2)cc1. The number of ether oxygens (including phenoxy) is 2. The van der Waals surface area contributed by atoms with Crippen molar-refractivity contribution in [2.75, 3.05) is 12.1 Å². The number of rotatable bonds is 3. The van der Waals surface area contributed by atoms with Gasteiger partial charge in [-0.25, -0.2) is 4.98 Å². The lowest BCUT2D eigenvalue weighted by Gasteiger charge is -2.02. The number of hydrogen-bond acceptors (Lipinski definition) is 5. The predicted molar refractivity (Wildman–Crippen MR) is 97.5 cm³/mol. The van der Waals surface area contributed by atoms with Crippen molar-refractivity contribution in [1.82, 2.24) is 4.98 Å². The first kappa shape index (κ1) is 15.7. The van der Waals surface area contributed by atoms with Gasteiger partial charge in [0.1, 0.15) is 0 Å². The third kappa shape index (κ3) is 3.08. The summed E-state index contributed by atoms with van der Waals surface area (Å²) in [6, 6.07) is 13.2. The molecule has 1 amide bonds. The van der Waals surface area contributed by atoms with Crippen LogP contribution in [0, 0.1) is 13.8 Å². The lowest BCUT2D eigenvalue weighted by atomic mass is 10.1. The molecule has 0 unspecified atom stereocenters. The summed E-state index contributed by atoms with van der Waals surface area (Å²) in [4.78, 5) is 18.0. The quantitative estimate of drug-likeness (QED) is 0.758. The maximum absolute atomic E-state index is 12.4. The molecule has 0 fully saturated rings. The van der Waals surface area contributed by atoms with E-state index in [1.165, 1.54) is 11.3 Å². The van der Waals surface area contributed by atoms with Crippen LogP contribution in [-0.2, 0) is 0 Å². The summed E-state index contributed by atoms with van der Waals surface area (Å²) in [6.45, 7) is 4.22. The number of nitrogens with zero attached hydrogens (tertiary/aromatic N) is 1. The van der Waals surface area contributed by atoms with Crippen molar-refractivity contribution in [3.05, 3.63) is 58.5 Å². The number of amides is 1. The molecule has 4 rings (SSSR count). The van der Waals surface area contributed by atoms with E-state index in [2.05, 4.69) is 10.3 Å². The van der Waals surface area contributed by atoms with Crippen LogP contribution in [-0.4, -0.2) is 17.7 Å². The maximum Gasteiger partial charge on any atom is 0.257 e. The second-order valence-corrected chi connectivity index (χ2v) is 7.02. The molecule has 2 aromatic carbocycles. The molecule has 126 valence electrons. The van der Waals surface area contributed by atoms with Crippen LogP contribution in [0.15, 0.2) is 42.5 Å². The Balaban J connectivity index is 1.58. The summed E-state index contributed by atoms with van der Waals surface area (Å²) in [5, 5.41) is 3.45. The first-order chi connectivity index (χ1) is 12.1. The van der Waals surface area contributed by atoms with Gasteiger partial charge in [0.05, 0.1) is 5.69 Å². The fourth-order valence-corrected chi connectivity index (χ4v) is 3.47. The van der Waals surface area contributed by atoms with E-state index in [1.54, 1.807) is 0 Å². The lowest BCUT2D eigenvalue weighted by molar-refractivity contribution is 0.102. The van der Waals surface area contributed by atoms with Crippen molar-refractivity contribution >= 4 is 22.4 Å². The number of benzene rings is 2. The molecule has 0 saturated carbocycles. The number of fused-ring (bicyclic) bond motifs is 1.